The average molecular weight is 390 g/mol. The lowest BCUT2D eigenvalue weighted by Gasteiger charge is -2.10. The number of carbonyl (C=O) groups excluding carboxylic acids is 2. The number of nitrogens with zero attached hydrogens (tertiary/aromatic N) is 2. The van der Waals surface area contributed by atoms with Gasteiger partial charge >= 0.3 is 5.97 Å². The molecule has 1 N–H and O–H groups in total. The van der Waals surface area contributed by atoms with Crippen LogP contribution in [0.3, 0.4) is 0 Å². The van der Waals surface area contributed by atoms with Gasteiger partial charge in [0.1, 0.15) is 28.8 Å². The molecular weight excluding hydrogens is 372 g/mol. The molecule has 29 heavy (non-hydrogen) atoms. The van der Waals surface area contributed by atoms with E-state index in [1.807, 2.05) is 24.3 Å². The van der Waals surface area contributed by atoms with Crippen LogP contribution in [-0.4, -0.2) is 28.4 Å². The van der Waals surface area contributed by atoms with E-state index in [0.717, 1.165) is 0 Å². The van der Waals surface area contributed by atoms with Crippen molar-refractivity contribution >= 4 is 22.7 Å². The highest BCUT2D eigenvalue weighted by molar-refractivity contribution is 6.02. The zero-order valence-electron chi connectivity index (χ0n) is 15.7. The Labute approximate surface area is 167 Å². The van der Waals surface area contributed by atoms with Crippen LogP contribution in [0.2, 0.25) is 0 Å². The Kier molecular flexibility index (Phi) is 6.05. The average Bonchev–Trinajstić information content (AvgIpc) is 2.72. The first-order valence-corrected chi connectivity index (χ1v) is 9.02. The van der Waals surface area contributed by atoms with Crippen LogP contribution in [0.4, 0.5) is 0 Å². The van der Waals surface area contributed by atoms with E-state index < -0.39 is 17.5 Å². The van der Waals surface area contributed by atoms with Gasteiger partial charge < -0.3 is 14.6 Å². The van der Waals surface area contributed by atoms with E-state index >= 15 is 0 Å². The zero-order valence-corrected chi connectivity index (χ0v) is 15.7. The van der Waals surface area contributed by atoms with Gasteiger partial charge in [0.25, 0.3) is 0 Å². The highest BCUT2D eigenvalue weighted by Gasteiger charge is 2.21. The van der Waals surface area contributed by atoms with Crippen molar-refractivity contribution in [1.29, 1.82) is 5.26 Å². The number of hydrogen-bond donors (Lipinski definition) is 1. The van der Waals surface area contributed by atoms with Gasteiger partial charge in [0.05, 0.1) is 18.5 Å². The summed E-state index contributed by atoms with van der Waals surface area (Å²) in [6.07, 6.45) is -0.319. The Morgan fingerprint density at radius 3 is 2.55 bits per heavy atom. The summed E-state index contributed by atoms with van der Waals surface area (Å²) in [5, 5.41) is 20.2. The van der Waals surface area contributed by atoms with E-state index in [2.05, 4.69) is 4.98 Å². The summed E-state index contributed by atoms with van der Waals surface area (Å²) in [6, 6.07) is 15.9. The van der Waals surface area contributed by atoms with Gasteiger partial charge in [0.15, 0.2) is 11.5 Å². The number of hydrogen-bond acceptors (Lipinski definition) is 7. The summed E-state index contributed by atoms with van der Waals surface area (Å²) in [7, 11) is 0. The Morgan fingerprint density at radius 1 is 1.10 bits per heavy atom. The van der Waals surface area contributed by atoms with Crippen molar-refractivity contribution in [1.82, 2.24) is 4.98 Å². The molecule has 0 amide bonds. The number of benzene rings is 2. The lowest BCUT2D eigenvalue weighted by atomic mass is 10.0. The van der Waals surface area contributed by atoms with Crippen molar-refractivity contribution in [3.8, 4) is 23.3 Å². The van der Waals surface area contributed by atoms with Crippen molar-refractivity contribution in [2.75, 3.05) is 6.61 Å². The van der Waals surface area contributed by atoms with Crippen molar-refractivity contribution in [2.24, 2.45) is 0 Å². The number of pyridine rings is 1. The van der Waals surface area contributed by atoms with Gasteiger partial charge in [-0.2, -0.15) is 5.26 Å². The number of carbonyl (C=O) groups is 2. The molecular formula is C22H18N2O5. The summed E-state index contributed by atoms with van der Waals surface area (Å²) in [6.45, 7) is 1.89. The fourth-order valence-electron chi connectivity index (χ4n) is 2.80. The van der Waals surface area contributed by atoms with E-state index in [0.29, 0.717) is 22.4 Å². The van der Waals surface area contributed by atoms with Gasteiger partial charge in [-0.25, -0.2) is 4.98 Å². The van der Waals surface area contributed by atoms with Crippen LogP contribution in [-0.2, 0) is 9.53 Å². The second kappa shape index (κ2) is 8.85. The number of Topliss-reactive ketones (excluding diaryl/α,β-unsaturated/α-hetero) is 1. The summed E-state index contributed by atoms with van der Waals surface area (Å²) < 4.78 is 10.6. The maximum Gasteiger partial charge on any atom is 0.306 e. The Hall–Kier alpha value is -3.92. The Morgan fingerprint density at radius 2 is 1.86 bits per heavy atom. The summed E-state index contributed by atoms with van der Waals surface area (Å²) >= 11 is 0. The normalized spacial score (nSPS) is 10.3. The minimum absolute atomic E-state index is 0.0549. The van der Waals surface area contributed by atoms with Crippen molar-refractivity contribution in [2.45, 2.75) is 19.8 Å². The molecule has 0 radical (unpaired) electrons. The Bertz CT molecular complexity index is 1100. The van der Waals surface area contributed by atoms with Gasteiger partial charge in [0, 0.05) is 17.9 Å². The minimum Gasteiger partial charge on any atom is -0.504 e. The third kappa shape index (κ3) is 4.50. The smallest absolute Gasteiger partial charge is 0.306 e. The van der Waals surface area contributed by atoms with Crippen LogP contribution in [0, 0.1) is 11.3 Å². The number of aromatic nitrogens is 1. The van der Waals surface area contributed by atoms with E-state index in [4.69, 9.17) is 9.47 Å². The number of rotatable bonds is 7. The molecule has 3 rings (SSSR count). The number of ketones is 1. The number of esters is 1. The lowest BCUT2D eigenvalue weighted by molar-refractivity contribution is -0.143. The zero-order chi connectivity index (χ0) is 20.8. The van der Waals surface area contributed by atoms with Crippen LogP contribution in [0.25, 0.3) is 10.9 Å². The molecule has 0 saturated heterocycles. The van der Waals surface area contributed by atoms with Gasteiger partial charge in [-0.3, -0.25) is 9.59 Å². The minimum atomic E-state index is -0.552. The number of para-hydroxylation sites is 1. The van der Waals surface area contributed by atoms with Crippen LogP contribution < -0.4 is 4.74 Å². The molecule has 0 unspecified atom stereocenters. The molecule has 0 fully saturated rings. The molecule has 146 valence electrons. The number of fused-ring (bicyclic) bond motifs is 1. The topological polar surface area (TPSA) is 110 Å². The SMILES string of the molecule is CCOC(=O)CCC(=O)c1nc2cc(Oc3ccccc3)ccc2c(C#N)c1O. The van der Waals surface area contributed by atoms with E-state index in [9.17, 15) is 20.0 Å². The number of aromatic hydroxyl groups is 1. The molecule has 0 aliphatic rings. The van der Waals surface area contributed by atoms with Crippen molar-refractivity contribution in [3.63, 3.8) is 0 Å². The second-order valence-electron chi connectivity index (χ2n) is 6.12. The van der Waals surface area contributed by atoms with E-state index in [1.165, 1.54) is 0 Å². The molecule has 3 aromatic rings. The largest absolute Gasteiger partial charge is 0.504 e. The molecule has 0 atom stereocenters. The summed E-state index contributed by atoms with van der Waals surface area (Å²) in [5.41, 5.74) is 0.0169. The van der Waals surface area contributed by atoms with Crippen LogP contribution in [0.5, 0.6) is 17.2 Å². The van der Waals surface area contributed by atoms with Gasteiger partial charge in [-0.15, -0.1) is 0 Å². The fraction of sp³-hybridized carbons (Fsp3) is 0.182. The van der Waals surface area contributed by atoms with Gasteiger partial charge in [-0.1, -0.05) is 18.2 Å². The quantitative estimate of drug-likeness (QED) is 0.477. The maximum atomic E-state index is 12.5. The monoisotopic (exact) mass is 390 g/mol. The number of nitriles is 1. The molecule has 1 heterocycles. The third-order valence-corrected chi connectivity index (χ3v) is 4.15. The Balaban J connectivity index is 1.95. The maximum absolute atomic E-state index is 12.5. The first-order chi connectivity index (χ1) is 14.0. The lowest BCUT2D eigenvalue weighted by Crippen LogP contribution is -2.10. The molecule has 0 saturated carbocycles. The fourth-order valence-corrected chi connectivity index (χ4v) is 2.80. The standard InChI is InChI=1S/C22H18N2O5/c1-2-28-20(26)11-10-19(25)21-22(27)17(13-23)16-9-8-15(12-18(16)24-21)29-14-6-4-3-5-7-14/h3-9,12,27H,2,10-11H2,1H3. The van der Waals surface area contributed by atoms with Crippen LogP contribution in [0.15, 0.2) is 48.5 Å². The van der Waals surface area contributed by atoms with Crippen LogP contribution in [0.1, 0.15) is 35.8 Å². The molecule has 1 aromatic heterocycles. The molecule has 0 aliphatic heterocycles. The molecule has 7 heteroatoms. The van der Waals surface area contributed by atoms with Crippen molar-refractivity contribution in [3.05, 3.63) is 59.8 Å². The van der Waals surface area contributed by atoms with E-state index in [1.54, 1.807) is 37.3 Å². The van der Waals surface area contributed by atoms with Gasteiger partial charge in [0.2, 0.25) is 0 Å². The molecule has 0 aliphatic carbocycles. The molecule has 0 spiro atoms. The molecule has 7 nitrogen and oxygen atoms in total. The predicted octanol–water partition coefficient (Wildman–Crippen LogP) is 4.13. The summed E-state index contributed by atoms with van der Waals surface area (Å²) in [5.74, 6) is -0.471. The summed E-state index contributed by atoms with van der Waals surface area (Å²) in [4.78, 5) is 28.2. The number of ether oxygens (including phenoxy) is 2. The van der Waals surface area contributed by atoms with Crippen molar-refractivity contribution < 1.29 is 24.2 Å². The highest BCUT2D eigenvalue weighted by atomic mass is 16.5. The molecule has 2 aromatic carbocycles. The van der Waals surface area contributed by atoms with Gasteiger partial charge in [-0.05, 0) is 31.2 Å². The first kappa shape index (κ1) is 19.8. The highest BCUT2D eigenvalue weighted by Crippen LogP contribution is 2.32. The predicted molar refractivity (Wildman–Crippen MR) is 105 cm³/mol. The first-order valence-electron chi connectivity index (χ1n) is 9.02. The van der Waals surface area contributed by atoms with Crippen LogP contribution >= 0.6 is 0 Å². The third-order valence-electron chi connectivity index (χ3n) is 4.15. The molecule has 0 bridgehead atoms. The second-order valence-corrected chi connectivity index (χ2v) is 6.12. The van der Waals surface area contributed by atoms with E-state index in [-0.39, 0.29) is 30.7 Å².